The van der Waals surface area contributed by atoms with Gasteiger partial charge in [0.25, 0.3) is 0 Å². The van der Waals surface area contributed by atoms with Crippen LogP contribution in [0.1, 0.15) is 0 Å². The number of fused-ring (bicyclic) bond motifs is 8. The van der Waals surface area contributed by atoms with Gasteiger partial charge >= 0.3 is 0 Å². The van der Waals surface area contributed by atoms with Crippen molar-refractivity contribution in [1.29, 1.82) is 0 Å². The number of hydrogen-bond acceptors (Lipinski definition) is 2. The molecule has 0 unspecified atom stereocenters. The summed E-state index contributed by atoms with van der Waals surface area (Å²) >= 11 is 0. The van der Waals surface area contributed by atoms with E-state index in [0.717, 1.165) is 55.5 Å². The molecule has 0 amide bonds. The predicted octanol–water partition coefficient (Wildman–Crippen LogP) is 11.7. The van der Waals surface area contributed by atoms with Crippen molar-refractivity contribution in [2.75, 3.05) is 0 Å². The minimum absolute atomic E-state index is 0.880. The van der Waals surface area contributed by atoms with Crippen LogP contribution in [0.4, 0.5) is 0 Å². The molecule has 0 bridgehead atoms. The molecule has 0 aliphatic carbocycles. The van der Waals surface area contributed by atoms with E-state index in [4.69, 9.17) is 9.40 Å². The summed E-state index contributed by atoms with van der Waals surface area (Å²) < 4.78 is 10.8. The van der Waals surface area contributed by atoms with Crippen LogP contribution in [-0.4, -0.2) is 14.0 Å². The van der Waals surface area contributed by atoms with Crippen LogP contribution in [0.2, 0.25) is 0 Å². The Morgan fingerprint density at radius 3 is 1.75 bits per heavy atom. The van der Waals surface area contributed by atoms with Crippen molar-refractivity contribution < 1.29 is 4.42 Å². The fraction of sp³-hybridized carbons (Fsp3) is 0. The number of hydrogen-bond donors (Lipinski definition) is 0. The van der Waals surface area contributed by atoms with E-state index in [9.17, 15) is 0 Å². The highest BCUT2D eigenvalue weighted by Gasteiger charge is 2.34. The number of aromatic nitrogens is 3. The lowest BCUT2D eigenvalue weighted by Crippen LogP contribution is -2.05. The molecule has 5 heteroatoms. The van der Waals surface area contributed by atoms with Crippen LogP contribution in [-0.2, 0) is 0 Å². The summed E-state index contributed by atoms with van der Waals surface area (Å²) in [5.74, 6) is 0.884. The van der Waals surface area contributed by atoms with Gasteiger partial charge in [0.15, 0.2) is 0 Å². The maximum atomic E-state index is 6.20. The molecule has 7 aromatic carbocycles. The number of para-hydroxylation sites is 3. The van der Waals surface area contributed by atoms with Crippen molar-refractivity contribution >= 4 is 59.8 Å². The Morgan fingerprint density at radius 1 is 0.438 bits per heavy atom. The molecule has 0 spiro atoms. The quantitative estimate of drug-likeness (QED) is 0.189. The van der Waals surface area contributed by atoms with Crippen molar-refractivity contribution in [2.24, 2.45) is 0 Å². The first-order valence-corrected chi connectivity index (χ1v) is 17.8. The van der Waals surface area contributed by atoms with Crippen molar-refractivity contribution in [1.82, 2.24) is 14.0 Å². The van der Waals surface area contributed by atoms with E-state index in [2.05, 4.69) is 173 Å². The first-order valence-electron chi connectivity index (χ1n) is 16.1. The highest BCUT2D eigenvalue weighted by molar-refractivity contribution is 8.34. The van der Waals surface area contributed by atoms with Gasteiger partial charge in [-0.25, -0.2) is 4.98 Å². The first-order chi connectivity index (χ1) is 23.8. The Balaban J connectivity index is 1.32. The molecule has 0 radical (unpaired) electrons. The van der Waals surface area contributed by atoms with Crippen LogP contribution in [0, 0.1) is 0 Å². The van der Waals surface area contributed by atoms with Crippen molar-refractivity contribution in [2.45, 2.75) is 19.6 Å². The second-order valence-electron chi connectivity index (χ2n) is 12.1. The second kappa shape index (κ2) is 10.5. The Morgan fingerprint density at radius 2 is 1.04 bits per heavy atom. The fourth-order valence-corrected chi connectivity index (χ4v) is 11.3. The zero-order valence-electron chi connectivity index (χ0n) is 25.9. The highest BCUT2D eigenvalue weighted by Crippen LogP contribution is 2.73. The van der Waals surface area contributed by atoms with Gasteiger partial charge in [0.05, 0.1) is 27.8 Å². The molecule has 0 N–H and O–H groups in total. The van der Waals surface area contributed by atoms with Gasteiger partial charge in [-0.2, -0.15) is 0 Å². The molecule has 0 atom stereocenters. The molecule has 0 aliphatic heterocycles. The number of imidazole rings is 2. The average molecular weight is 636 g/mol. The Labute approximate surface area is 278 Å². The Hall–Kier alpha value is -6.04. The van der Waals surface area contributed by atoms with Crippen molar-refractivity contribution in [3.63, 3.8) is 0 Å². The molecule has 0 fully saturated rings. The molecular weight excluding hydrogens is 607 g/mol. The lowest BCUT2D eigenvalue weighted by Gasteiger charge is -2.42. The Kier molecular flexibility index (Phi) is 5.92. The topological polar surface area (TPSA) is 35.4 Å². The minimum atomic E-state index is -1.86. The summed E-state index contributed by atoms with van der Waals surface area (Å²) in [6.07, 6.45) is 0. The highest BCUT2D eigenvalue weighted by atomic mass is 32.3. The third-order valence-electron chi connectivity index (χ3n) is 9.43. The van der Waals surface area contributed by atoms with Gasteiger partial charge in [-0.15, -0.1) is 10.0 Å². The zero-order valence-corrected chi connectivity index (χ0v) is 26.7. The maximum absolute atomic E-state index is 6.20. The number of benzene rings is 7. The van der Waals surface area contributed by atoms with E-state index in [-0.39, 0.29) is 0 Å². The summed E-state index contributed by atoms with van der Waals surface area (Å²) in [7, 11) is -1.86. The average Bonchev–Trinajstić information content (AvgIpc) is 3.82. The zero-order chi connectivity index (χ0) is 31.7. The standard InChI is InChI=1S/C43H29N3OS/c1-4-14-31(15-5-1)48(32-16-6-2-7-17-32,33-18-8-3-9-19-33)34-25-26-39-40(29-34)46-38-22-12-11-21-37(38)44-43(46)45(39)30-24-27-42-36(28-30)35-20-10-13-23-41(35)47-42/h1-29H. The van der Waals surface area contributed by atoms with Gasteiger partial charge < -0.3 is 4.42 Å². The molecule has 0 saturated heterocycles. The van der Waals surface area contributed by atoms with Gasteiger partial charge in [0.2, 0.25) is 5.78 Å². The molecular formula is C43H29N3OS. The third kappa shape index (κ3) is 3.82. The van der Waals surface area contributed by atoms with E-state index in [1.807, 2.05) is 12.1 Å². The second-order valence-corrected chi connectivity index (χ2v) is 15.2. The Bertz CT molecular complexity index is 2680. The van der Waals surface area contributed by atoms with E-state index < -0.39 is 10.0 Å². The van der Waals surface area contributed by atoms with Crippen LogP contribution in [0.5, 0.6) is 0 Å². The van der Waals surface area contributed by atoms with Crippen LogP contribution in [0.25, 0.3) is 55.5 Å². The normalized spacial score (nSPS) is 12.5. The van der Waals surface area contributed by atoms with Crippen LogP contribution in [0.3, 0.4) is 0 Å². The number of furan rings is 1. The minimum Gasteiger partial charge on any atom is -0.456 e. The molecule has 4 nitrogen and oxygen atoms in total. The molecule has 3 aromatic heterocycles. The molecule has 228 valence electrons. The lowest BCUT2D eigenvalue weighted by atomic mass is 10.1. The maximum Gasteiger partial charge on any atom is 0.220 e. The van der Waals surface area contributed by atoms with Crippen molar-refractivity contribution in [3.05, 3.63) is 176 Å². The van der Waals surface area contributed by atoms with E-state index in [1.165, 1.54) is 19.6 Å². The van der Waals surface area contributed by atoms with Gasteiger partial charge in [-0.1, -0.05) is 84.9 Å². The first kappa shape index (κ1) is 27.1. The van der Waals surface area contributed by atoms with E-state index >= 15 is 0 Å². The number of rotatable bonds is 5. The van der Waals surface area contributed by atoms with Crippen LogP contribution >= 0.6 is 10.0 Å². The largest absolute Gasteiger partial charge is 0.456 e. The summed E-state index contributed by atoms with van der Waals surface area (Å²) in [6.45, 7) is 0. The molecule has 0 aliphatic rings. The van der Waals surface area contributed by atoms with Crippen LogP contribution < -0.4 is 0 Å². The summed E-state index contributed by atoms with van der Waals surface area (Å²) in [6, 6.07) is 63.2. The van der Waals surface area contributed by atoms with Crippen LogP contribution in [0.15, 0.2) is 200 Å². The molecule has 10 aromatic rings. The third-order valence-corrected chi connectivity index (χ3v) is 13.3. The smallest absolute Gasteiger partial charge is 0.220 e. The van der Waals surface area contributed by atoms with Gasteiger partial charge in [-0.05, 0) is 91.0 Å². The van der Waals surface area contributed by atoms with Crippen molar-refractivity contribution in [3.8, 4) is 5.69 Å². The van der Waals surface area contributed by atoms with E-state index in [1.54, 1.807) is 0 Å². The summed E-state index contributed by atoms with van der Waals surface area (Å²) in [5.41, 5.74) is 7.09. The summed E-state index contributed by atoms with van der Waals surface area (Å²) in [4.78, 5) is 10.4. The number of nitrogens with zero attached hydrogens (tertiary/aromatic N) is 3. The van der Waals surface area contributed by atoms with E-state index in [0.29, 0.717) is 0 Å². The van der Waals surface area contributed by atoms with Gasteiger partial charge in [0.1, 0.15) is 11.2 Å². The SMILES string of the molecule is c1ccc(S(c2ccccc2)(c2ccccc2)c2ccc3c(c2)n2c4ccccc4nc2n3-c2ccc3oc4ccccc4c3c2)cc1. The predicted molar refractivity (Wildman–Crippen MR) is 197 cm³/mol. The molecule has 0 saturated carbocycles. The molecule has 3 heterocycles. The lowest BCUT2D eigenvalue weighted by molar-refractivity contribution is 0.669. The molecule has 48 heavy (non-hydrogen) atoms. The molecule has 10 rings (SSSR count). The monoisotopic (exact) mass is 635 g/mol. The van der Waals surface area contributed by atoms with Gasteiger partial charge in [0, 0.05) is 30.4 Å². The fourth-order valence-electron chi connectivity index (χ4n) is 7.37. The summed E-state index contributed by atoms with van der Waals surface area (Å²) in [5, 5.41) is 2.20. The van der Waals surface area contributed by atoms with Gasteiger partial charge in [-0.3, -0.25) is 8.97 Å².